The summed E-state index contributed by atoms with van der Waals surface area (Å²) in [4.78, 5) is 0. The van der Waals surface area contributed by atoms with Gasteiger partial charge in [-0.3, -0.25) is 0 Å². The van der Waals surface area contributed by atoms with E-state index >= 15 is 0 Å². The molecule has 0 saturated carbocycles. The zero-order valence-corrected chi connectivity index (χ0v) is 11.3. The average Bonchev–Trinajstić information content (AvgIpc) is 2.84. The van der Waals surface area contributed by atoms with Gasteiger partial charge in [-0.25, -0.2) is 27.2 Å². The summed E-state index contributed by atoms with van der Waals surface area (Å²) >= 11 is 0. The van der Waals surface area contributed by atoms with Gasteiger partial charge in [0, 0.05) is 6.04 Å². The second kappa shape index (κ2) is 2.85. The summed E-state index contributed by atoms with van der Waals surface area (Å²) in [6.45, 7) is 1.91. The lowest BCUT2D eigenvalue weighted by Gasteiger charge is -2.53. The third-order valence-corrected chi connectivity index (χ3v) is 6.26. The molecule has 106 valence electrons. The zero-order chi connectivity index (χ0) is 13.3. The molecule has 0 aromatic heterocycles. The van der Waals surface area contributed by atoms with Crippen LogP contribution in [0.15, 0.2) is 0 Å². The Morgan fingerprint density at radius 2 is 1.74 bits per heavy atom. The van der Waals surface area contributed by atoms with Crippen molar-refractivity contribution in [2.75, 3.05) is 6.54 Å². The molecule has 0 aromatic carbocycles. The standard InChI is InChI=1S/C6H9N3O8P2/c1-3(7)4-2-8-5(12-18(10,13-5)16-8)6-9(4)17-19(11,14-6)15-6/h3-4H,2,7H2,1H3. The normalized spacial score (nSPS) is 64.0. The first kappa shape index (κ1) is 11.7. The molecule has 7 heterocycles. The molecule has 2 atom stereocenters. The van der Waals surface area contributed by atoms with Gasteiger partial charge in [0.05, 0.1) is 12.6 Å². The van der Waals surface area contributed by atoms with E-state index in [-0.39, 0.29) is 12.6 Å². The fourth-order valence-electron chi connectivity index (χ4n) is 2.78. The van der Waals surface area contributed by atoms with E-state index in [4.69, 9.17) is 33.1 Å². The van der Waals surface area contributed by atoms with E-state index in [1.54, 1.807) is 6.92 Å². The molecule has 2 N–H and O–H groups in total. The minimum Gasteiger partial charge on any atom is -0.326 e. The Hall–Kier alpha value is 0.1000. The van der Waals surface area contributed by atoms with E-state index < -0.39 is 33.5 Å². The van der Waals surface area contributed by atoms with E-state index in [1.165, 1.54) is 10.1 Å². The maximum absolute atomic E-state index is 11.8. The molecule has 19 heavy (non-hydrogen) atoms. The largest absolute Gasteiger partial charge is 0.499 e. The molecular weight excluding hydrogens is 304 g/mol. The third kappa shape index (κ3) is 1.04. The first-order chi connectivity index (χ1) is 8.82. The number of phosphoric ester groups is 2. The Morgan fingerprint density at radius 1 is 1.16 bits per heavy atom. The summed E-state index contributed by atoms with van der Waals surface area (Å²) in [6.07, 6.45) is 0. The molecule has 4 bridgehead atoms. The number of nitrogens with two attached hydrogens (primary N) is 1. The van der Waals surface area contributed by atoms with Crippen LogP contribution in [0.25, 0.3) is 0 Å². The molecule has 11 nitrogen and oxygen atoms in total. The van der Waals surface area contributed by atoms with Crippen molar-refractivity contribution in [3.8, 4) is 0 Å². The Balaban J connectivity index is 1.65. The molecule has 7 saturated heterocycles. The Morgan fingerprint density at radius 3 is 2.37 bits per heavy atom. The van der Waals surface area contributed by atoms with Gasteiger partial charge in [-0.2, -0.15) is 9.25 Å². The maximum atomic E-state index is 11.8. The topological polar surface area (TPSA) is 122 Å². The van der Waals surface area contributed by atoms with Gasteiger partial charge in [-0.1, -0.05) is 0 Å². The van der Waals surface area contributed by atoms with Gasteiger partial charge < -0.3 is 5.73 Å². The van der Waals surface area contributed by atoms with Crippen LogP contribution in [0.2, 0.25) is 0 Å². The minimum absolute atomic E-state index is 0.177. The predicted molar refractivity (Wildman–Crippen MR) is 53.2 cm³/mol. The van der Waals surface area contributed by atoms with Crippen LogP contribution in [0.5, 0.6) is 0 Å². The van der Waals surface area contributed by atoms with Crippen molar-refractivity contribution < 1.29 is 36.5 Å². The molecule has 2 unspecified atom stereocenters. The first-order valence-electron chi connectivity index (χ1n) is 5.57. The molecule has 13 heteroatoms. The number of hydrogen-bond acceptors (Lipinski definition) is 11. The number of rotatable bonds is 1. The quantitative estimate of drug-likeness (QED) is 0.649. The van der Waals surface area contributed by atoms with Crippen molar-refractivity contribution in [3.05, 3.63) is 0 Å². The number of hydroxylamine groups is 4. The SMILES string of the molecule is CC(N)C1CN2OP3(=O)OC2(O3)C23OP(=O)(ON12)O3. The first-order valence-corrected chi connectivity index (χ1v) is 8.49. The van der Waals surface area contributed by atoms with Gasteiger partial charge in [0.1, 0.15) is 0 Å². The predicted octanol–water partition coefficient (Wildman–Crippen LogP) is -0.172. The van der Waals surface area contributed by atoms with Gasteiger partial charge in [-0.05, 0) is 6.92 Å². The molecule has 2 spiro atoms. The van der Waals surface area contributed by atoms with Crippen LogP contribution >= 0.6 is 15.6 Å². The number of nitrogens with zero attached hydrogens (tertiary/aromatic N) is 2. The lowest BCUT2D eigenvalue weighted by Crippen LogP contribution is -2.79. The fraction of sp³-hybridized carbons (Fsp3) is 1.00. The smallest absolute Gasteiger partial charge is 0.326 e. The minimum atomic E-state index is -3.64. The van der Waals surface area contributed by atoms with Gasteiger partial charge in [-0.15, -0.1) is 10.1 Å². The summed E-state index contributed by atoms with van der Waals surface area (Å²) < 4.78 is 54.6. The Labute approximate surface area is 106 Å². The molecule has 7 fully saturated rings. The maximum Gasteiger partial charge on any atom is 0.499 e. The summed E-state index contributed by atoms with van der Waals surface area (Å²) in [6, 6.07) is -0.834. The summed E-state index contributed by atoms with van der Waals surface area (Å²) in [5.41, 5.74) is 5.86. The van der Waals surface area contributed by atoms with Crippen molar-refractivity contribution in [2.45, 2.75) is 30.8 Å². The van der Waals surface area contributed by atoms with Crippen LogP contribution in [0, 0.1) is 0 Å². The lowest BCUT2D eigenvalue weighted by atomic mass is 10.1. The monoisotopic (exact) mass is 313 g/mol. The van der Waals surface area contributed by atoms with Crippen molar-refractivity contribution in [1.29, 1.82) is 0 Å². The zero-order valence-electron chi connectivity index (χ0n) is 9.49. The van der Waals surface area contributed by atoms with Crippen molar-refractivity contribution in [3.63, 3.8) is 0 Å². The average molecular weight is 313 g/mol. The highest BCUT2D eigenvalue weighted by Gasteiger charge is 2.94. The van der Waals surface area contributed by atoms with E-state index in [1.807, 2.05) is 0 Å². The van der Waals surface area contributed by atoms with Crippen LogP contribution in [-0.2, 0) is 36.5 Å². The molecule has 7 rings (SSSR count). The molecule has 0 aliphatic carbocycles. The van der Waals surface area contributed by atoms with Crippen molar-refractivity contribution in [1.82, 2.24) is 10.1 Å². The van der Waals surface area contributed by atoms with Crippen LogP contribution < -0.4 is 5.73 Å². The van der Waals surface area contributed by atoms with Gasteiger partial charge in [0.25, 0.3) is 0 Å². The van der Waals surface area contributed by atoms with Crippen LogP contribution in [0.4, 0.5) is 0 Å². The fourth-order valence-corrected chi connectivity index (χ4v) is 5.82. The number of piperazine rings is 1. The van der Waals surface area contributed by atoms with E-state index in [2.05, 4.69) is 0 Å². The van der Waals surface area contributed by atoms with Gasteiger partial charge >= 0.3 is 27.5 Å². The van der Waals surface area contributed by atoms with Crippen LogP contribution in [0.1, 0.15) is 6.92 Å². The Kier molecular flexibility index (Phi) is 1.76. The van der Waals surface area contributed by atoms with Crippen LogP contribution in [0.3, 0.4) is 0 Å². The lowest BCUT2D eigenvalue weighted by molar-refractivity contribution is -0.488. The highest BCUT2D eigenvalue weighted by Crippen LogP contribution is 2.86. The van der Waals surface area contributed by atoms with Gasteiger partial charge in [0.2, 0.25) is 0 Å². The molecular formula is C6H9N3O8P2. The summed E-state index contributed by atoms with van der Waals surface area (Å²) in [5, 5.41) is 2.42. The van der Waals surface area contributed by atoms with E-state index in [9.17, 15) is 9.13 Å². The highest BCUT2D eigenvalue weighted by atomic mass is 31.2. The second-order valence-corrected chi connectivity index (χ2v) is 7.75. The van der Waals surface area contributed by atoms with E-state index in [0.717, 1.165) is 0 Å². The second-order valence-electron chi connectivity index (χ2n) is 4.90. The third-order valence-electron chi connectivity index (χ3n) is 3.61. The van der Waals surface area contributed by atoms with Gasteiger partial charge in [0.15, 0.2) is 0 Å². The molecule has 0 radical (unpaired) electrons. The van der Waals surface area contributed by atoms with Crippen molar-refractivity contribution >= 4 is 15.6 Å². The number of phosphoric acid groups is 2. The van der Waals surface area contributed by atoms with Crippen molar-refractivity contribution in [2.24, 2.45) is 5.73 Å². The summed E-state index contributed by atoms with van der Waals surface area (Å²) in [7, 11) is -7.25. The van der Waals surface area contributed by atoms with E-state index in [0.29, 0.717) is 0 Å². The van der Waals surface area contributed by atoms with Crippen LogP contribution in [-0.4, -0.2) is 40.6 Å². The molecule has 0 amide bonds. The molecule has 7 aliphatic rings. The highest BCUT2D eigenvalue weighted by molar-refractivity contribution is 7.50. The number of hydrogen-bond donors (Lipinski definition) is 1. The summed E-state index contributed by atoms with van der Waals surface area (Å²) in [5.74, 6) is -3.40. The molecule has 7 aliphatic heterocycles. The molecule has 0 aromatic rings. The Bertz CT molecular complexity index is 575.